The molecule has 0 bridgehead atoms. The molecule has 0 saturated carbocycles. The minimum Gasteiger partial charge on any atom is -0.444 e. The van der Waals surface area contributed by atoms with Crippen LogP contribution in [0.15, 0.2) is 24.3 Å². The smallest absolute Gasteiger partial charge is 0.410 e. The summed E-state index contributed by atoms with van der Waals surface area (Å²) in [5, 5.41) is 12.3. The van der Waals surface area contributed by atoms with Crippen molar-refractivity contribution < 1.29 is 33.4 Å². The molecule has 4 atom stereocenters. The Kier molecular flexibility index (Phi) is 13.1. The van der Waals surface area contributed by atoms with Gasteiger partial charge in [0, 0.05) is 25.1 Å². The average molecular weight is 697 g/mol. The van der Waals surface area contributed by atoms with E-state index in [1.165, 1.54) is 4.90 Å². The van der Waals surface area contributed by atoms with Crippen molar-refractivity contribution >= 4 is 51.6 Å². The van der Waals surface area contributed by atoms with Gasteiger partial charge in [-0.2, -0.15) is 0 Å². The Labute approximate surface area is 293 Å². The number of pyridine rings is 1. The predicted molar refractivity (Wildman–Crippen MR) is 190 cm³/mol. The van der Waals surface area contributed by atoms with E-state index in [-0.39, 0.29) is 30.5 Å². The molecule has 1 aliphatic heterocycles. The molecule has 3 heterocycles. The first kappa shape index (κ1) is 38.5. The number of hydrogen-bond acceptors (Lipinski definition) is 10. The summed E-state index contributed by atoms with van der Waals surface area (Å²) in [6.45, 7) is 14.7. The highest BCUT2D eigenvalue weighted by Crippen LogP contribution is 2.31. The number of hydrogen-bond donors (Lipinski definition) is 4. The summed E-state index contributed by atoms with van der Waals surface area (Å²) in [6.07, 6.45) is 0.305. The Morgan fingerprint density at radius 2 is 1.78 bits per heavy atom. The van der Waals surface area contributed by atoms with E-state index in [1.807, 2.05) is 42.7 Å². The summed E-state index contributed by atoms with van der Waals surface area (Å²) in [4.78, 5) is 62.8. The fraction of sp³-hybridized carbons (Fsp3) is 0.600. The second-order valence-electron chi connectivity index (χ2n) is 13.5. The molecule has 1 aromatic carbocycles. The highest BCUT2D eigenvalue weighted by atomic mass is 16.6. The first-order chi connectivity index (χ1) is 23.7. The summed E-state index contributed by atoms with van der Waals surface area (Å²) >= 11 is 0. The molecule has 0 radical (unpaired) electrons. The summed E-state index contributed by atoms with van der Waals surface area (Å²) in [6, 6.07) is 5.60. The number of aromatic nitrogens is 3. The van der Waals surface area contributed by atoms with Crippen LogP contribution in [-0.4, -0.2) is 106 Å². The van der Waals surface area contributed by atoms with Crippen LogP contribution in [0.4, 0.5) is 10.6 Å². The van der Waals surface area contributed by atoms with Crippen LogP contribution in [0.5, 0.6) is 0 Å². The number of nitrogens with one attached hydrogen (secondary N) is 4. The molecule has 15 nitrogen and oxygen atoms in total. The SMILES string of the molecule is CCOCc1nc2c(NC(=O)[C@H](C)NC(=O)C3CCCN3C(=O)OC(C)(C)C)nc3ccccc3c2n1CC(C)OCCNC(=O)C(C)NC. The Balaban J connectivity index is 1.55. The maximum absolute atomic E-state index is 13.6. The summed E-state index contributed by atoms with van der Waals surface area (Å²) in [5.74, 6) is -0.149. The molecule has 4 N–H and O–H groups in total. The van der Waals surface area contributed by atoms with Gasteiger partial charge in [-0.25, -0.2) is 14.8 Å². The summed E-state index contributed by atoms with van der Waals surface area (Å²) in [5.41, 5.74) is 1.17. The molecule has 0 spiro atoms. The van der Waals surface area contributed by atoms with E-state index in [1.54, 1.807) is 41.7 Å². The minimum atomic E-state index is -0.943. The highest BCUT2D eigenvalue weighted by Gasteiger charge is 2.37. The van der Waals surface area contributed by atoms with E-state index < -0.39 is 35.6 Å². The number of amides is 4. The number of imidazole rings is 1. The molecule has 274 valence electrons. The Morgan fingerprint density at radius 3 is 2.48 bits per heavy atom. The van der Waals surface area contributed by atoms with E-state index in [9.17, 15) is 19.2 Å². The molecular formula is C35H52N8O7. The Morgan fingerprint density at radius 1 is 1.04 bits per heavy atom. The normalized spacial score (nSPS) is 16.6. The van der Waals surface area contributed by atoms with Gasteiger partial charge >= 0.3 is 6.09 Å². The Bertz CT molecular complexity index is 1670. The molecule has 3 unspecified atom stereocenters. The predicted octanol–water partition coefficient (Wildman–Crippen LogP) is 3.09. The van der Waals surface area contributed by atoms with Crippen molar-refractivity contribution in [1.82, 2.24) is 35.4 Å². The van der Waals surface area contributed by atoms with Crippen molar-refractivity contribution in [3.05, 3.63) is 30.1 Å². The van der Waals surface area contributed by atoms with Gasteiger partial charge in [0.15, 0.2) is 5.82 Å². The number of benzene rings is 1. The number of anilines is 1. The largest absolute Gasteiger partial charge is 0.444 e. The Hall–Kier alpha value is -4.34. The number of carbonyl (C=O) groups is 4. The van der Waals surface area contributed by atoms with Crippen LogP contribution in [0.2, 0.25) is 0 Å². The van der Waals surface area contributed by atoms with Gasteiger partial charge in [-0.3, -0.25) is 19.3 Å². The van der Waals surface area contributed by atoms with Gasteiger partial charge in [-0.15, -0.1) is 0 Å². The van der Waals surface area contributed by atoms with Crippen molar-refractivity contribution in [1.29, 1.82) is 0 Å². The van der Waals surface area contributed by atoms with Gasteiger partial charge in [0.2, 0.25) is 17.7 Å². The molecule has 2 aromatic heterocycles. The molecule has 1 aliphatic rings. The van der Waals surface area contributed by atoms with Crippen molar-refractivity contribution in [2.24, 2.45) is 0 Å². The summed E-state index contributed by atoms with van der Waals surface area (Å²) < 4.78 is 19.4. The van der Waals surface area contributed by atoms with E-state index >= 15 is 0 Å². The number of rotatable bonds is 15. The fourth-order valence-electron chi connectivity index (χ4n) is 5.68. The third kappa shape index (κ3) is 9.67. The highest BCUT2D eigenvalue weighted by molar-refractivity contribution is 6.10. The molecular weight excluding hydrogens is 644 g/mol. The first-order valence-corrected chi connectivity index (χ1v) is 17.3. The number of fused-ring (bicyclic) bond motifs is 3. The van der Waals surface area contributed by atoms with Crippen molar-refractivity contribution in [2.45, 2.75) is 104 Å². The zero-order valence-corrected chi connectivity index (χ0v) is 30.4. The van der Waals surface area contributed by atoms with Gasteiger partial charge in [0.1, 0.15) is 35.6 Å². The number of likely N-dealkylation sites (N-methyl/N-ethyl adjacent to an activating group) is 1. The van der Waals surface area contributed by atoms with E-state index in [2.05, 4.69) is 21.3 Å². The number of carbonyl (C=O) groups excluding carboxylic acids is 4. The van der Waals surface area contributed by atoms with Crippen LogP contribution in [0.25, 0.3) is 21.9 Å². The second kappa shape index (κ2) is 17.1. The quantitative estimate of drug-likeness (QED) is 0.173. The standard InChI is InChI=1S/C35H52N8O7/c1-9-48-20-27-40-28-29(43(27)19-21(2)49-18-16-37-31(44)22(3)36-8)24-13-10-11-14-25(24)39-30(28)41-32(45)23(4)38-33(46)26-15-12-17-42(26)34(47)50-35(5,6)7/h10-11,13-14,21-23,26,36H,9,12,15-20H2,1-8H3,(H,37,44)(H,38,46)(H,39,41,45)/t21?,22?,23-,26?/m0/s1. The van der Waals surface area contributed by atoms with E-state index in [0.29, 0.717) is 62.5 Å². The van der Waals surface area contributed by atoms with Crippen molar-refractivity contribution in [3.63, 3.8) is 0 Å². The molecule has 1 fully saturated rings. The van der Waals surface area contributed by atoms with E-state index in [4.69, 9.17) is 24.2 Å². The number of nitrogens with zero attached hydrogens (tertiary/aromatic N) is 4. The molecule has 50 heavy (non-hydrogen) atoms. The maximum Gasteiger partial charge on any atom is 0.410 e. The number of para-hydroxylation sites is 1. The van der Waals surface area contributed by atoms with Crippen LogP contribution in [-0.2, 0) is 41.7 Å². The second-order valence-corrected chi connectivity index (χ2v) is 13.5. The van der Waals surface area contributed by atoms with Gasteiger partial charge in [0.25, 0.3) is 0 Å². The number of ether oxygens (including phenoxy) is 3. The van der Waals surface area contributed by atoms with Gasteiger partial charge < -0.3 is 40.0 Å². The molecule has 3 aromatic rings. The third-order valence-corrected chi connectivity index (χ3v) is 8.34. The maximum atomic E-state index is 13.6. The van der Waals surface area contributed by atoms with Crippen LogP contribution in [0.1, 0.15) is 67.1 Å². The monoisotopic (exact) mass is 696 g/mol. The van der Waals surface area contributed by atoms with Gasteiger partial charge in [-0.05, 0) is 74.4 Å². The molecule has 0 aliphatic carbocycles. The molecule has 4 amide bonds. The van der Waals surface area contributed by atoms with Gasteiger partial charge in [-0.1, -0.05) is 18.2 Å². The lowest BCUT2D eigenvalue weighted by Gasteiger charge is -2.28. The van der Waals surface area contributed by atoms with Gasteiger partial charge in [0.05, 0.1) is 36.3 Å². The van der Waals surface area contributed by atoms with Crippen LogP contribution in [0.3, 0.4) is 0 Å². The lowest BCUT2D eigenvalue weighted by molar-refractivity contribution is -0.129. The molecule has 1 saturated heterocycles. The topological polar surface area (TPSA) is 178 Å². The average Bonchev–Trinajstić information content (AvgIpc) is 3.70. The van der Waals surface area contributed by atoms with Crippen molar-refractivity contribution in [2.75, 3.05) is 38.7 Å². The van der Waals surface area contributed by atoms with Crippen LogP contribution >= 0.6 is 0 Å². The number of likely N-dealkylation sites (tertiary alicyclic amines) is 1. The first-order valence-electron chi connectivity index (χ1n) is 17.3. The van der Waals surface area contributed by atoms with Crippen LogP contribution < -0.4 is 21.3 Å². The molecule has 15 heteroatoms. The third-order valence-electron chi connectivity index (χ3n) is 8.34. The van der Waals surface area contributed by atoms with E-state index in [0.717, 1.165) is 10.9 Å². The van der Waals surface area contributed by atoms with Crippen molar-refractivity contribution in [3.8, 4) is 0 Å². The van der Waals surface area contributed by atoms with Crippen LogP contribution in [0, 0.1) is 0 Å². The summed E-state index contributed by atoms with van der Waals surface area (Å²) in [7, 11) is 1.73. The zero-order chi connectivity index (χ0) is 36.6. The zero-order valence-electron chi connectivity index (χ0n) is 30.4. The molecule has 4 rings (SSSR count). The minimum absolute atomic E-state index is 0.105. The lowest BCUT2D eigenvalue weighted by Crippen LogP contribution is -2.51. The lowest BCUT2D eigenvalue weighted by atomic mass is 10.1. The fourth-order valence-corrected chi connectivity index (χ4v) is 5.68.